The Morgan fingerprint density at radius 3 is 2.69 bits per heavy atom. The van der Waals surface area contributed by atoms with Gasteiger partial charge in [0, 0.05) is 4.47 Å². The van der Waals surface area contributed by atoms with Crippen LogP contribution in [0.3, 0.4) is 0 Å². The summed E-state index contributed by atoms with van der Waals surface area (Å²) >= 11 is 3.42. The van der Waals surface area contributed by atoms with Crippen molar-refractivity contribution in [2.45, 2.75) is 13.8 Å². The van der Waals surface area contributed by atoms with E-state index in [9.17, 15) is 4.79 Å². The minimum absolute atomic E-state index is 0.667. The summed E-state index contributed by atoms with van der Waals surface area (Å²) in [7, 11) is 0. The second-order valence-electron chi connectivity index (χ2n) is 3.59. The van der Waals surface area contributed by atoms with Crippen LogP contribution in [0.1, 0.15) is 21.7 Å². The maximum atomic E-state index is 10.9. The number of aryl methyl sites for hydroxylation is 1. The van der Waals surface area contributed by atoms with Gasteiger partial charge in [-0.1, -0.05) is 22.0 Å². The maximum Gasteiger partial charge on any atom is 0.153 e. The van der Waals surface area contributed by atoms with Crippen molar-refractivity contribution in [3.8, 4) is 5.69 Å². The molecule has 0 saturated heterocycles. The Morgan fingerprint density at radius 2 is 2.12 bits per heavy atom. The lowest BCUT2D eigenvalue weighted by molar-refractivity contribution is 0.112. The number of aromatic nitrogens is 2. The van der Waals surface area contributed by atoms with Gasteiger partial charge in [0.1, 0.15) is 0 Å². The summed E-state index contributed by atoms with van der Waals surface area (Å²) in [5.41, 5.74) is 3.24. The number of carbonyl (C=O) groups is 1. The third-order valence-corrected chi connectivity index (χ3v) is 3.01. The molecule has 0 unspecified atom stereocenters. The van der Waals surface area contributed by atoms with Crippen molar-refractivity contribution in [3.05, 3.63) is 45.7 Å². The van der Waals surface area contributed by atoms with Crippen LogP contribution in [0.2, 0.25) is 0 Å². The third kappa shape index (κ3) is 1.80. The minimum atomic E-state index is 0.667. The summed E-state index contributed by atoms with van der Waals surface area (Å²) in [6.45, 7) is 3.73. The van der Waals surface area contributed by atoms with Crippen LogP contribution in [-0.4, -0.2) is 16.1 Å². The Morgan fingerprint density at radius 1 is 1.38 bits per heavy atom. The van der Waals surface area contributed by atoms with E-state index in [2.05, 4.69) is 21.0 Å². The Balaban J connectivity index is 2.61. The summed E-state index contributed by atoms with van der Waals surface area (Å²) < 4.78 is 2.77. The molecule has 1 aromatic heterocycles. The van der Waals surface area contributed by atoms with Crippen LogP contribution >= 0.6 is 15.9 Å². The molecule has 16 heavy (non-hydrogen) atoms. The molecule has 2 rings (SSSR count). The number of aldehydes is 1. The van der Waals surface area contributed by atoms with Crippen LogP contribution in [0.15, 0.2) is 28.7 Å². The van der Waals surface area contributed by atoms with Crippen molar-refractivity contribution in [1.29, 1.82) is 0 Å². The van der Waals surface area contributed by atoms with Gasteiger partial charge >= 0.3 is 0 Å². The maximum absolute atomic E-state index is 10.9. The number of halogens is 1. The van der Waals surface area contributed by atoms with Crippen molar-refractivity contribution >= 4 is 22.2 Å². The van der Waals surface area contributed by atoms with Gasteiger partial charge in [-0.3, -0.25) is 4.79 Å². The van der Waals surface area contributed by atoms with E-state index in [1.807, 2.05) is 38.1 Å². The highest BCUT2D eigenvalue weighted by atomic mass is 79.9. The molecule has 1 heterocycles. The molecular formula is C12H11BrN2O. The average Bonchev–Trinajstić information content (AvgIpc) is 2.54. The van der Waals surface area contributed by atoms with Gasteiger partial charge in [0.05, 0.1) is 22.6 Å². The molecule has 82 valence electrons. The van der Waals surface area contributed by atoms with Crippen LogP contribution < -0.4 is 0 Å². The fourth-order valence-electron chi connectivity index (χ4n) is 1.68. The Hall–Kier alpha value is -1.42. The van der Waals surface area contributed by atoms with E-state index in [0.717, 1.165) is 27.8 Å². The van der Waals surface area contributed by atoms with Crippen LogP contribution in [-0.2, 0) is 0 Å². The average molecular weight is 279 g/mol. The molecule has 0 atom stereocenters. The molecular weight excluding hydrogens is 268 g/mol. The van der Waals surface area contributed by atoms with Crippen LogP contribution in [0.25, 0.3) is 5.69 Å². The number of nitrogens with zero attached hydrogens (tertiary/aromatic N) is 2. The number of benzene rings is 1. The molecule has 0 aliphatic carbocycles. The van der Waals surface area contributed by atoms with Crippen molar-refractivity contribution < 1.29 is 4.79 Å². The topological polar surface area (TPSA) is 34.9 Å². The molecule has 0 fully saturated rings. The van der Waals surface area contributed by atoms with Crippen molar-refractivity contribution in [2.75, 3.05) is 0 Å². The summed E-state index contributed by atoms with van der Waals surface area (Å²) in [5, 5.41) is 4.36. The monoisotopic (exact) mass is 278 g/mol. The van der Waals surface area contributed by atoms with E-state index in [-0.39, 0.29) is 0 Å². The minimum Gasteiger partial charge on any atom is -0.298 e. The molecule has 0 bridgehead atoms. The fourth-order valence-corrected chi connectivity index (χ4v) is 2.07. The predicted molar refractivity (Wildman–Crippen MR) is 66.1 cm³/mol. The highest BCUT2D eigenvalue weighted by Crippen LogP contribution is 2.19. The molecule has 2 aromatic rings. The van der Waals surface area contributed by atoms with Gasteiger partial charge in [0.25, 0.3) is 0 Å². The van der Waals surface area contributed by atoms with Crippen molar-refractivity contribution in [2.24, 2.45) is 0 Å². The van der Waals surface area contributed by atoms with Gasteiger partial charge in [-0.25, -0.2) is 4.68 Å². The number of carbonyl (C=O) groups excluding carboxylic acids is 1. The third-order valence-electron chi connectivity index (χ3n) is 2.52. The lowest BCUT2D eigenvalue weighted by Gasteiger charge is -2.04. The SMILES string of the molecule is Cc1nn(-c2cccc(Br)c2)c(C)c1C=O. The lowest BCUT2D eigenvalue weighted by Crippen LogP contribution is -1.99. The number of hydrogen-bond donors (Lipinski definition) is 0. The molecule has 0 spiro atoms. The molecule has 0 N–H and O–H groups in total. The highest BCUT2D eigenvalue weighted by Gasteiger charge is 2.11. The molecule has 4 heteroatoms. The first kappa shape index (κ1) is 11.1. The highest BCUT2D eigenvalue weighted by molar-refractivity contribution is 9.10. The van der Waals surface area contributed by atoms with E-state index < -0.39 is 0 Å². The molecule has 0 saturated carbocycles. The zero-order valence-corrected chi connectivity index (χ0v) is 10.7. The zero-order chi connectivity index (χ0) is 11.7. The molecule has 0 amide bonds. The first-order valence-electron chi connectivity index (χ1n) is 4.91. The Labute approximate surface area is 102 Å². The predicted octanol–water partition coefficient (Wildman–Crippen LogP) is 3.06. The van der Waals surface area contributed by atoms with Crippen molar-refractivity contribution in [1.82, 2.24) is 9.78 Å². The molecule has 0 aliphatic heterocycles. The van der Waals surface area contributed by atoms with Gasteiger partial charge in [-0.15, -0.1) is 0 Å². The van der Waals surface area contributed by atoms with Gasteiger partial charge in [0.15, 0.2) is 6.29 Å². The van der Waals surface area contributed by atoms with E-state index in [1.165, 1.54) is 0 Å². The summed E-state index contributed by atoms with van der Waals surface area (Å²) in [5.74, 6) is 0. The van der Waals surface area contributed by atoms with Crippen LogP contribution in [0.5, 0.6) is 0 Å². The van der Waals surface area contributed by atoms with Crippen LogP contribution in [0, 0.1) is 13.8 Å². The molecule has 0 aliphatic rings. The lowest BCUT2D eigenvalue weighted by atomic mass is 10.2. The second-order valence-corrected chi connectivity index (χ2v) is 4.51. The summed E-state index contributed by atoms with van der Waals surface area (Å²) in [6, 6.07) is 7.82. The smallest absolute Gasteiger partial charge is 0.153 e. The van der Waals surface area contributed by atoms with Crippen molar-refractivity contribution in [3.63, 3.8) is 0 Å². The van der Waals surface area contributed by atoms with Gasteiger partial charge in [-0.05, 0) is 32.0 Å². The summed E-state index contributed by atoms with van der Waals surface area (Å²) in [4.78, 5) is 10.9. The Kier molecular flexibility index (Phi) is 2.92. The zero-order valence-electron chi connectivity index (χ0n) is 9.07. The van der Waals surface area contributed by atoms with Gasteiger partial charge < -0.3 is 0 Å². The molecule has 1 aromatic carbocycles. The number of hydrogen-bond acceptors (Lipinski definition) is 2. The van der Waals surface area contributed by atoms with Crippen LogP contribution in [0.4, 0.5) is 0 Å². The van der Waals surface area contributed by atoms with Gasteiger partial charge in [-0.2, -0.15) is 5.10 Å². The second kappa shape index (κ2) is 4.22. The van der Waals surface area contributed by atoms with Gasteiger partial charge in [0.2, 0.25) is 0 Å². The normalized spacial score (nSPS) is 10.4. The molecule has 3 nitrogen and oxygen atoms in total. The van der Waals surface area contributed by atoms with E-state index in [0.29, 0.717) is 5.56 Å². The van der Waals surface area contributed by atoms with E-state index in [4.69, 9.17) is 0 Å². The first-order valence-corrected chi connectivity index (χ1v) is 5.70. The standard InChI is InChI=1S/C12H11BrN2O/c1-8-12(7-16)9(2)15(14-8)11-5-3-4-10(13)6-11/h3-7H,1-2H3. The Bertz CT molecular complexity index is 546. The first-order chi connectivity index (χ1) is 7.63. The quantitative estimate of drug-likeness (QED) is 0.792. The summed E-state index contributed by atoms with van der Waals surface area (Å²) in [6.07, 6.45) is 0.853. The van der Waals surface area contributed by atoms with E-state index >= 15 is 0 Å². The fraction of sp³-hybridized carbons (Fsp3) is 0.167. The van der Waals surface area contributed by atoms with E-state index in [1.54, 1.807) is 4.68 Å². The largest absolute Gasteiger partial charge is 0.298 e. The molecule has 0 radical (unpaired) electrons. The number of rotatable bonds is 2.